The number of anilines is 1. The molecule has 1 aliphatic heterocycles. The van der Waals surface area contributed by atoms with Crippen molar-refractivity contribution in [3.8, 4) is 5.75 Å². The summed E-state index contributed by atoms with van der Waals surface area (Å²) in [4.78, 5) is 34.3. The average Bonchev–Trinajstić information content (AvgIpc) is 2.90. The number of nitro groups is 1. The van der Waals surface area contributed by atoms with E-state index in [9.17, 15) is 19.7 Å². The molecule has 8 nitrogen and oxygen atoms in total. The van der Waals surface area contributed by atoms with Gasteiger partial charge in [0.1, 0.15) is 11.9 Å². The fourth-order valence-electron chi connectivity index (χ4n) is 2.58. The summed E-state index contributed by atoms with van der Waals surface area (Å²) in [5.74, 6) is -0.339. The predicted molar refractivity (Wildman–Crippen MR) is 87.5 cm³/mol. The molecule has 0 aromatic heterocycles. The van der Waals surface area contributed by atoms with Crippen molar-refractivity contribution in [2.75, 3.05) is 12.4 Å². The van der Waals surface area contributed by atoms with Crippen LogP contribution in [0.3, 0.4) is 0 Å². The van der Waals surface area contributed by atoms with E-state index >= 15 is 0 Å². The summed E-state index contributed by atoms with van der Waals surface area (Å²) in [6.45, 7) is 0. The summed E-state index contributed by atoms with van der Waals surface area (Å²) in [6, 6.07) is 10.7. The van der Waals surface area contributed by atoms with Crippen LogP contribution in [0.25, 0.3) is 0 Å². The average molecular weight is 342 g/mol. The van der Waals surface area contributed by atoms with Gasteiger partial charge in [-0.25, -0.2) is 4.79 Å². The number of cyclic esters (lactones) is 1. The van der Waals surface area contributed by atoms with Crippen LogP contribution >= 0.6 is 0 Å². The Hall–Kier alpha value is -3.42. The molecule has 1 heterocycles. The van der Waals surface area contributed by atoms with E-state index in [1.54, 1.807) is 31.4 Å². The van der Waals surface area contributed by atoms with E-state index in [-0.39, 0.29) is 23.6 Å². The molecule has 0 aliphatic carbocycles. The number of amides is 1. The summed E-state index contributed by atoms with van der Waals surface area (Å²) in [7, 11) is 1.55. The highest BCUT2D eigenvalue weighted by molar-refractivity contribution is 5.97. The number of esters is 1. The maximum Gasteiger partial charge on any atom is 0.339 e. The van der Waals surface area contributed by atoms with Gasteiger partial charge in [0, 0.05) is 23.4 Å². The van der Waals surface area contributed by atoms with E-state index < -0.39 is 17.0 Å². The Labute approximate surface area is 142 Å². The van der Waals surface area contributed by atoms with Crippen molar-refractivity contribution in [3.63, 3.8) is 0 Å². The molecule has 2 aromatic rings. The van der Waals surface area contributed by atoms with Crippen molar-refractivity contribution in [3.05, 3.63) is 63.7 Å². The van der Waals surface area contributed by atoms with Crippen LogP contribution in [0, 0.1) is 10.1 Å². The lowest BCUT2D eigenvalue weighted by molar-refractivity contribution is -0.384. The first-order valence-electron chi connectivity index (χ1n) is 7.41. The first-order chi connectivity index (χ1) is 12.0. The maximum absolute atomic E-state index is 12.2. The zero-order valence-corrected chi connectivity index (χ0v) is 13.2. The number of ether oxygens (including phenoxy) is 2. The zero-order chi connectivity index (χ0) is 18.0. The van der Waals surface area contributed by atoms with Crippen molar-refractivity contribution in [2.45, 2.75) is 12.5 Å². The van der Waals surface area contributed by atoms with Crippen LogP contribution in [-0.4, -0.2) is 23.9 Å². The monoisotopic (exact) mass is 342 g/mol. The van der Waals surface area contributed by atoms with Gasteiger partial charge in [0.2, 0.25) is 5.91 Å². The first-order valence-corrected chi connectivity index (χ1v) is 7.41. The van der Waals surface area contributed by atoms with Gasteiger partial charge >= 0.3 is 5.97 Å². The van der Waals surface area contributed by atoms with Gasteiger partial charge in [0.05, 0.1) is 24.0 Å². The number of nitrogens with zero attached hydrogens (tertiary/aromatic N) is 1. The van der Waals surface area contributed by atoms with Crippen molar-refractivity contribution >= 4 is 23.3 Å². The number of rotatable bonds is 5. The molecule has 0 bridgehead atoms. The molecule has 1 N–H and O–H groups in total. The Bertz CT molecular complexity index is 847. The van der Waals surface area contributed by atoms with E-state index in [0.29, 0.717) is 17.0 Å². The van der Waals surface area contributed by atoms with Crippen LogP contribution in [0.4, 0.5) is 11.4 Å². The minimum Gasteiger partial charge on any atom is -0.497 e. The third-order valence-corrected chi connectivity index (χ3v) is 3.81. The van der Waals surface area contributed by atoms with Crippen molar-refractivity contribution in [1.29, 1.82) is 0 Å². The number of nitrogens with one attached hydrogen (secondary N) is 1. The van der Waals surface area contributed by atoms with Crippen molar-refractivity contribution < 1.29 is 24.0 Å². The van der Waals surface area contributed by atoms with Crippen LogP contribution < -0.4 is 10.1 Å². The van der Waals surface area contributed by atoms with E-state index in [0.717, 1.165) is 0 Å². The molecule has 128 valence electrons. The van der Waals surface area contributed by atoms with E-state index in [1.165, 1.54) is 18.2 Å². The molecule has 1 atom stereocenters. The second-order valence-electron chi connectivity index (χ2n) is 5.40. The van der Waals surface area contributed by atoms with Crippen LogP contribution in [-0.2, 0) is 9.53 Å². The molecule has 0 spiro atoms. The quantitative estimate of drug-likeness (QED) is 0.508. The molecule has 0 radical (unpaired) electrons. The van der Waals surface area contributed by atoms with Gasteiger partial charge in [0.15, 0.2) is 0 Å². The van der Waals surface area contributed by atoms with Gasteiger partial charge in [-0.05, 0) is 30.3 Å². The van der Waals surface area contributed by atoms with E-state index in [4.69, 9.17) is 9.47 Å². The third-order valence-electron chi connectivity index (χ3n) is 3.81. The number of benzene rings is 2. The highest BCUT2D eigenvalue weighted by Gasteiger charge is 2.34. The Balaban J connectivity index is 1.70. The fraction of sp³-hybridized carbons (Fsp3) is 0.176. The zero-order valence-electron chi connectivity index (χ0n) is 13.2. The molecule has 1 aliphatic rings. The number of carbonyl (C=O) groups is 2. The number of fused-ring (bicyclic) bond motifs is 1. The van der Waals surface area contributed by atoms with Gasteiger partial charge in [0.25, 0.3) is 5.69 Å². The fourth-order valence-corrected chi connectivity index (χ4v) is 2.58. The molecule has 1 amide bonds. The molecule has 0 saturated heterocycles. The molecule has 2 aromatic carbocycles. The lowest BCUT2D eigenvalue weighted by Gasteiger charge is -2.11. The van der Waals surface area contributed by atoms with E-state index in [2.05, 4.69) is 5.32 Å². The van der Waals surface area contributed by atoms with Crippen LogP contribution in [0.5, 0.6) is 5.75 Å². The summed E-state index contributed by atoms with van der Waals surface area (Å²) >= 11 is 0. The Morgan fingerprint density at radius 3 is 2.64 bits per heavy atom. The van der Waals surface area contributed by atoms with Gasteiger partial charge in [-0.3, -0.25) is 14.9 Å². The Kier molecular flexibility index (Phi) is 4.34. The van der Waals surface area contributed by atoms with Crippen molar-refractivity contribution in [1.82, 2.24) is 0 Å². The number of hydrogen-bond acceptors (Lipinski definition) is 6. The highest BCUT2D eigenvalue weighted by atomic mass is 16.6. The topological polar surface area (TPSA) is 108 Å². The minimum atomic E-state index is -0.762. The lowest BCUT2D eigenvalue weighted by atomic mass is 10.0. The second kappa shape index (κ2) is 6.60. The van der Waals surface area contributed by atoms with Gasteiger partial charge < -0.3 is 14.8 Å². The number of methoxy groups -OCH3 is 1. The smallest absolute Gasteiger partial charge is 0.339 e. The largest absolute Gasteiger partial charge is 0.497 e. The molecule has 3 rings (SSSR count). The molecular formula is C17H14N2O6. The van der Waals surface area contributed by atoms with Crippen LogP contribution in [0.2, 0.25) is 0 Å². The SMILES string of the molecule is COc1ccc(NC(=O)C[C@@H]2OC(=O)c3cc([N+](=O)[O-])ccc32)cc1. The molecule has 0 fully saturated rings. The summed E-state index contributed by atoms with van der Waals surface area (Å²) in [5, 5.41) is 13.5. The number of nitro benzene ring substituents is 1. The second-order valence-corrected chi connectivity index (χ2v) is 5.40. The molecular weight excluding hydrogens is 328 g/mol. The van der Waals surface area contributed by atoms with Gasteiger partial charge in [-0.15, -0.1) is 0 Å². The molecule has 0 saturated carbocycles. The number of carbonyl (C=O) groups excluding carboxylic acids is 2. The number of non-ortho nitro benzene ring substituents is 1. The normalized spacial score (nSPS) is 15.2. The molecule has 25 heavy (non-hydrogen) atoms. The van der Waals surface area contributed by atoms with E-state index in [1.807, 2.05) is 0 Å². The lowest BCUT2D eigenvalue weighted by Crippen LogP contribution is -2.15. The Morgan fingerprint density at radius 2 is 2.00 bits per heavy atom. The maximum atomic E-state index is 12.2. The Morgan fingerprint density at radius 1 is 1.28 bits per heavy atom. The van der Waals surface area contributed by atoms with Gasteiger partial charge in [-0.1, -0.05) is 0 Å². The number of hydrogen-bond donors (Lipinski definition) is 1. The predicted octanol–water partition coefficient (Wildman–Crippen LogP) is 2.84. The van der Waals surface area contributed by atoms with Crippen LogP contribution in [0.1, 0.15) is 28.4 Å². The third kappa shape index (κ3) is 3.42. The summed E-state index contributed by atoms with van der Waals surface area (Å²) in [6.07, 6.45) is -0.843. The standard InChI is InChI=1S/C17H14N2O6/c1-24-12-5-2-10(3-6-12)18-16(20)9-15-13-7-4-11(19(22)23)8-14(13)17(21)25-15/h2-8,15H,9H2,1H3,(H,18,20)/t15-/m0/s1. The van der Waals surface area contributed by atoms with Gasteiger partial charge in [-0.2, -0.15) is 0 Å². The summed E-state index contributed by atoms with van der Waals surface area (Å²) < 4.78 is 10.2. The van der Waals surface area contributed by atoms with Crippen molar-refractivity contribution in [2.24, 2.45) is 0 Å². The van der Waals surface area contributed by atoms with Crippen LogP contribution in [0.15, 0.2) is 42.5 Å². The molecule has 8 heteroatoms. The summed E-state index contributed by atoms with van der Waals surface area (Å²) in [5.41, 5.74) is 0.981. The minimum absolute atomic E-state index is 0.0808. The first kappa shape index (κ1) is 16.4. The highest BCUT2D eigenvalue weighted by Crippen LogP contribution is 2.35. The molecule has 0 unspecified atom stereocenters.